The molecule has 2 nitrogen and oxygen atoms in total. The van der Waals surface area contributed by atoms with E-state index in [9.17, 15) is 5.11 Å². The molecule has 1 fully saturated rings. The lowest BCUT2D eigenvalue weighted by Crippen LogP contribution is -2.38. The highest BCUT2D eigenvalue weighted by atomic mass is 35.5. The first-order chi connectivity index (χ1) is 5.83. The highest BCUT2D eigenvalue weighted by Gasteiger charge is 2.16. The predicted molar refractivity (Wildman–Crippen MR) is 51.6 cm³/mol. The molecule has 1 heterocycles. The minimum Gasteiger partial charge on any atom is -0.392 e. The second-order valence-electron chi connectivity index (χ2n) is 3.49. The van der Waals surface area contributed by atoms with Gasteiger partial charge in [-0.3, -0.25) is 0 Å². The smallest absolute Gasteiger partial charge is 0.0667 e. The minimum atomic E-state index is -0.0882. The lowest BCUT2D eigenvalue weighted by atomic mass is 10.1. The van der Waals surface area contributed by atoms with E-state index < -0.39 is 0 Å². The van der Waals surface area contributed by atoms with Gasteiger partial charge in [0.1, 0.15) is 0 Å². The van der Waals surface area contributed by atoms with Crippen LogP contribution in [0, 0.1) is 0 Å². The first kappa shape index (κ1) is 10.3. The van der Waals surface area contributed by atoms with Crippen molar-refractivity contribution >= 4 is 11.6 Å². The van der Waals surface area contributed by atoms with Crippen LogP contribution in [-0.4, -0.2) is 41.6 Å². The van der Waals surface area contributed by atoms with E-state index in [2.05, 4.69) is 4.90 Å². The molecule has 3 heteroatoms. The number of hydrogen-bond acceptors (Lipinski definition) is 2. The molecule has 0 amide bonds. The Hall–Kier alpha value is 0.210. The van der Waals surface area contributed by atoms with Crippen LogP contribution < -0.4 is 0 Å². The van der Waals surface area contributed by atoms with Gasteiger partial charge in [-0.2, -0.15) is 0 Å². The van der Waals surface area contributed by atoms with E-state index in [1.54, 1.807) is 0 Å². The molecule has 0 aliphatic carbocycles. The van der Waals surface area contributed by atoms with Crippen molar-refractivity contribution in [1.82, 2.24) is 4.90 Å². The van der Waals surface area contributed by atoms with Gasteiger partial charge in [0.2, 0.25) is 0 Å². The molecule has 0 aromatic rings. The molecule has 1 N–H and O–H groups in total. The summed E-state index contributed by atoms with van der Waals surface area (Å²) in [7, 11) is 0. The second-order valence-corrected chi connectivity index (χ2v) is 3.87. The third kappa shape index (κ3) is 3.74. The van der Waals surface area contributed by atoms with E-state index in [4.69, 9.17) is 11.6 Å². The zero-order valence-corrected chi connectivity index (χ0v) is 8.26. The zero-order chi connectivity index (χ0) is 8.81. The Labute approximate surface area is 79.5 Å². The van der Waals surface area contributed by atoms with E-state index in [0.29, 0.717) is 0 Å². The van der Waals surface area contributed by atoms with Crippen LogP contribution in [0.25, 0.3) is 0 Å². The lowest BCUT2D eigenvalue weighted by molar-refractivity contribution is 0.0701. The summed E-state index contributed by atoms with van der Waals surface area (Å²) in [5, 5.41) is 9.37. The lowest BCUT2D eigenvalue weighted by Gasteiger charge is -2.29. The summed E-state index contributed by atoms with van der Waals surface area (Å²) in [6, 6.07) is 0. The Bertz CT molecular complexity index is 121. The summed E-state index contributed by atoms with van der Waals surface area (Å²) in [6.45, 7) is 3.12. The van der Waals surface area contributed by atoms with E-state index >= 15 is 0 Å². The van der Waals surface area contributed by atoms with Gasteiger partial charge in [-0.15, -0.1) is 11.6 Å². The Morgan fingerprint density at radius 3 is 2.92 bits per heavy atom. The van der Waals surface area contributed by atoms with Crippen molar-refractivity contribution < 1.29 is 5.11 Å². The Morgan fingerprint density at radius 1 is 1.42 bits per heavy atom. The molecule has 0 unspecified atom stereocenters. The van der Waals surface area contributed by atoms with E-state index in [0.717, 1.165) is 51.2 Å². The van der Waals surface area contributed by atoms with E-state index in [1.807, 2.05) is 0 Å². The number of piperidine rings is 1. The molecular weight excluding hydrogens is 174 g/mol. The van der Waals surface area contributed by atoms with Crippen molar-refractivity contribution in [3.05, 3.63) is 0 Å². The molecule has 1 atom stereocenters. The maximum absolute atomic E-state index is 9.37. The molecule has 72 valence electrons. The predicted octanol–water partition coefficient (Wildman–Crippen LogP) is 1.46. The van der Waals surface area contributed by atoms with Gasteiger partial charge >= 0.3 is 0 Å². The maximum atomic E-state index is 9.37. The maximum Gasteiger partial charge on any atom is 0.0667 e. The number of likely N-dealkylation sites (tertiary alicyclic amines) is 1. The van der Waals surface area contributed by atoms with Crippen LogP contribution >= 0.6 is 11.6 Å². The molecule has 1 rings (SSSR count). The molecule has 0 aromatic carbocycles. The number of β-amino-alcohol motifs (C(OH)–C–C–N with tert-alkyl or cyclic N) is 1. The first-order valence-corrected chi connectivity index (χ1v) is 5.33. The number of alkyl halides is 1. The van der Waals surface area contributed by atoms with Gasteiger partial charge in [-0.1, -0.05) is 0 Å². The van der Waals surface area contributed by atoms with Gasteiger partial charge < -0.3 is 10.0 Å². The molecule has 1 aliphatic heterocycles. The van der Waals surface area contributed by atoms with Gasteiger partial charge in [0.05, 0.1) is 6.10 Å². The van der Waals surface area contributed by atoms with Crippen LogP contribution in [0.3, 0.4) is 0 Å². The van der Waals surface area contributed by atoms with Crippen LogP contribution in [0.1, 0.15) is 25.7 Å². The van der Waals surface area contributed by atoms with Crippen molar-refractivity contribution in [3.8, 4) is 0 Å². The second kappa shape index (κ2) is 5.79. The van der Waals surface area contributed by atoms with Crippen molar-refractivity contribution in [2.24, 2.45) is 0 Å². The molecule has 0 aromatic heterocycles. The normalized spacial score (nSPS) is 26.0. The molecule has 0 radical (unpaired) electrons. The monoisotopic (exact) mass is 191 g/mol. The number of unbranched alkanes of at least 4 members (excludes halogenated alkanes) is 1. The van der Waals surface area contributed by atoms with Crippen LogP contribution in [0.4, 0.5) is 0 Å². The number of nitrogens with zero attached hydrogens (tertiary/aromatic N) is 1. The fourth-order valence-corrected chi connectivity index (χ4v) is 1.85. The Balaban J connectivity index is 2.06. The highest BCUT2D eigenvalue weighted by molar-refractivity contribution is 6.17. The average molecular weight is 192 g/mol. The van der Waals surface area contributed by atoms with Crippen LogP contribution in [0.15, 0.2) is 0 Å². The molecule has 0 spiro atoms. The summed E-state index contributed by atoms with van der Waals surface area (Å²) in [6.07, 6.45) is 4.29. The third-order valence-electron chi connectivity index (χ3n) is 2.34. The topological polar surface area (TPSA) is 23.5 Å². The zero-order valence-electron chi connectivity index (χ0n) is 7.51. The van der Waals surface area contributed by atoms with Gasteiger partial charge in [-0.05, 0) is 38.8 Å². The molecule has 0 saturated carbocycles. The van der Waals surface area contributed by atoms with E-state index in [1.165, 1.54) is 0 Å². The van der Waals surface area contributed by atoms with Gasteiger partial charge in [0, 0.05) is 12.4 Å². The van der Waals surface area contributed by atoms with Gasteiger partial charge in [-0.25, -0.2) is 0 Å². The van der Waals surface area contributed by atoms with Crippen LogP contribution in [0.2, 0.25) is 0 Å². The number of halogens is 1. The third-order valence-corrected chi connectivity index (χ3v) is 2.61. The molecular formula is C9H18ClNO. The summed E-state index contributed by atoms with van der Waals surface area (Å²) in [4.78, 5) is 2.33. The standard InChI is InChI=1S/C9H18ClNO/c10-5-1-2-6-11-7-3-4-9(12)8-11/h9,12H,1-8H2/t9-/m1/s1. The van der Waals surface area contributed by atoms with E-state index in [-0.39, 0.29) is 6.10 Å². The SMILES string of the molecule is O[C@@H]1CCCN(CCCCCl)C1. The number of rotatable bonds is 4. The van der Waals surface area contributed by atoms with Crippen LogP contribution in [0.5, 0.6) is 0 Å². The molecule has 12 heavy (non-hydrogen) atoms. The largest absolute Gasteiger partial charge is 0.392 e. The summed E-state index contributed by atoms with van der Waals surface area (Å²) in [5.41, 5.74) is 0. The molecule has 0 bridgehead atoms. The van der Waals surface area contributed by atoms with Crippen molar-refractivity contribution in [2.45, 2.75) is 31.8 Å². The number of hydrogen-bond donors (Lipinski definition) is 1. The average Bonchev–Trinajstić information content (AvgIpc) is 2.05. The first-order valence-electron chi connectivity index (χ1n) is 4.79. The van der Waals surface area contributed by atoms with Gasteiger partial charge in [0.25, 0.3) is 0 Å². The minimum absolute atomic E-state index is 0.0882. The summed E-state index contributed by atoms with van der Waals surface area (Å²) < 4.78 is 0. The van der Waals surface area contributed by atoms with Crippen molar-refractivity contribution in [2.75, 3.05) is 25.5 Å². The van der Waals surface area contributed by atoms with Crippen molar-refractivity contribution in [1.29, 1.82) is 0 Å². The Morgan fingerprint density at radius 2 is 2.25 bits per heavy atom. The van der Waals surface area contributed by atoms with Gasteiger partial charge in [0.15, 0.2) is 0 Å². The quantitative estimate of drug-likeness (QED) is 0.538. The fourth-order valence-electron chi connectivity index (χ4n) is 1.66. The van der Waals surface area contributed by atoms with Crippen LogP contribution in [-0.2, 0) is 0 Å². The fraction of sp³-hybridized carbons (Fsp3) is 1.00. The summed E-state index contributed by atoms with van der Waals surface area (Å²) >= 11 is 5.58. The Kier molecular flexibility index (Phi) is 4.96. The summed E-state index contributed by atoms with van der Waals surface area (Å²) in [5.74, 6) is 0.760. The molecule has 1 saturated heterocycles. The molecule has 1 aliphatic rings. The highest BCUT2D eigenvalue weighted by Crippen LogP contribution is 2.10. The number of aliphatic hydroxyl groups is 1. The van der Waals surface area contributed by atoms with Crippen molar-refractivity contribution in [3.63, 3.8) is 0 Å². The number of aliphatic hydroxyl groups excluding tert-OH is 1.